The second-order valence-electron chi connectivity index (χ2n) is 8.36. The lowest BCUT2D eigenvalue weighted by Crippen LogP contribution is -2.51. The van der Waals surface area contributed by atoms with E-state index >= 15 is 0 Å². The third kappa shape index (κ3) is 4.78. The van der Waals surface area contributed by atoms with Crippen LogP contribution in [0.25, 0.3) is 10.9 Å². The summed E-state index contributed by atoms with van der Waals surface area (Å²) in [5.41, 5.74) is 1.88. The Hall–Kier alpha value is -3.18. The Bertz CT molecular complexity index is 1070. The lowest BCUT2D eigenvalue weighted by Gasteiger charge is -2.44. The molecule has 0 radical (unpaired) electrons. The summed E-state index contributed by atoms with van der Waals surface area (Å²) in [6.45, 7) is 7.30. The van der Waals surface area contributed by atoms with Crippen molar-refractivity contribution in [3.8, 4) is 6.07 Å². The number of aromatic amines is 1. The number of nitrogens with one attached hydrogen (secondary N) is 3. The smallest absolute Gasteiger partial charge is 0.153 e. The van der Waals surface area contributed by atoms with E-state index in [9.17, 15) is 0 Å². The van der Waals surface area contributed by atoms with E-state index in [1.54, 1.807) is 6.20 Å². The highest BCUT2D eigenvalue weighted by molar-refractivity contribution is 5.91. The lowest BCUT2D eigenvalue weighted by atomic mass is 9.90. The molecule has 0 aliphatic carbocycles. The van der Waals surface area contributed by atoms with Gasteiger partial charge in [0.15, 0.2) is 5.82 Å². The van der Waals surface area contributed by atoms with Gasteiger partial charge in [0.1, 0.15) is 11.6 Å². The molecule has 4 rings (SSSR count). The first-order chi connectivity index (χ1) is 15.1. The predicted molar refractivity (Wildman–Crippen MR) is 123 cm³/mol. The van der Waals surface area contributed by atoms with Gasteiger partial charge in [-0.25, -0.2) is 4.98 Å². The molecule has 0 unspecified atom stereocenters. The highest BCUT2D eigenvalue weighted by atomic mass is 15.2. The zero-order chi connectivity index (χ0) is 21.8. The van der Waals surface area contributed by atoms with Gasteiger partial charge in [-0.05, 0) is 45.2 Å². The summed E-state index contributed by atoms with van der Waals surface area (Å²) in [4.78, 5) is 11.9. The van der Waals surface area contributed by atoms with Gasteiger partial charge in [0.25, 0.3) is 0 Å². The van der Waals surface area contributed by atoms with Crippen molar-refractivity contribution in [1.29, 1.82) is 5.26 Å². The SMILES string of the molecule is CC[C@@H]1C[C@@H](Nc2nc(Nc3cc(C)[nH]n3)cc3ncccc23)C[C@H](C)N1CCC#N. The number of aromatic nitrogens is 4. The Labute approximate surface area is 183 Å². The summed E-state index contributed by atoms with van der Waals surface area (Å²) < 4.78 is 0. The van der Waals surface area contributed by atoms with Crippen LogP contribution in [-0.4, -0.2) is 49.7 Å². The molecule has 3 aromatic rings. The summed E-state index contributed by atoms with van der Waals surface area (Å²) in [5, 5.41) is 24.2. The quantitative estimate of drug-likeness (QED) is 0.523. The third-order valence-corrected chi connectivity index (χ3v) is 6.07. The molecule has 1 aliphatic rings. The summed E-state index contributed by atoms with van der Waals surface area (Å²) in [7, 11) is 0. The molecule has 1 aliphatic heterocycles. The van der Waals surface area contributed by atoms with E-state index in [-0.39, 0.29) is 0 Å². The Morgan fingerprint density at radius 3 is 2.90 bits per heavy atom. The average molecular weight is 419 g/mol. The Balaban J connectivity index is 1.58. The van der Waals surface area contributed by atoms with Gasteiger partial charge >= 0.3 is 0 Å². The number of rotatable bonds is 7. The van der Waals surface area contributed by atoms with Crippen LogP contribution in [0.5, 0.6) is 0 Å². The molecule has 162 valence electrons. The highest BCUT2D eigenvalue weighted by Gasteiger charge is 2.32. The molecule has 0 aromatic carbocycles. The van der Waals surface area contributed by atoms with Crippen molar-refractivity contribution in [2.24, 2.45) is 0 Å². The van der Waals surface area contributed by atoms with Gasteiger partial charge in [0, 0.05) is 60.5 Å². The molecule has 31 heavy (non-hydrogen) atoms. The Morgan fingerprint density at radius 1 is 1.29 bits per heavy atom. The van der Waals surface area contributed by atoms with Crippen molar-refractivity contribution >= 4 is 28.4 Å². The van der Waals surface area contributed by atoms with Gasteiger partial charge in [-0.1, -0.05) is 6.92 Å². The molecular weight excluding hydrogens is 388 g/mol. The second kappa shape index (κ2) is 9.31. The van der Waals surface area contributed by atoms with Crippen LogP contribution in [0.4, 0.5) is 17.5 Å². The minimum absolute atomic E-state index is 0.317. The first-order valence-corrected chi connectivity index (χ1v) is 11.0. The minimum atomic E-state index is 0.317. The summed E-state index contributed by atoms with van der Waals surface area (Å²) >= 11 is 0. The molecule has 0 amide bonds. The summed E-state index contributed by atoms with van der Waals surface area (Å²) in [6, 6.07) is 11.4. The van der Waals surface area contributed by atoms with E-state index in [4.69, 9.17) is 10.2 Å². The van der Waals surface area contributed by atoms with Gasteiger partial charge in [0.2, 0.25) is 0 Å². The van der Waals surface area contributed by atoms with E-state index in [0.29, 0.717) is 30.4 Å². The van der Waals surface area contributed by atoms with Gasteiger partial charge in [-0.3, -0.25) is 15.0 Å². The number of fused-ring (bicyclic) bond motifs is 1. The maximum atomic E-state index is 9.01. The number of hydrogen-bond donors (Lipinski definition) is 3. The third-order valence-electron chi connectivity index (χ3n) is 6.07. The van der Waals surface area contributed by atoms with Crippen molar-refractivity contribution < 1.29 is 0 Å². The Morgan fingerprint density at radius 2 is 2.16 bits per heavy atom. The van der Waals surface area contributed by atoms with Crippen LogP contribution in [0.15, 0.2) is 30.5 Å². The number of anilines is 3. The van der Waals surface area contributed by atoms with Crippen molar-refractivity contribution in [2.45, 2.75) is 64.6 Å². The van der Waals surface area contributed by atoms with Gasteiger partial charge in [-0.2, -0.15) is 10.4 Å². The van der Waals surface area contributed by atoms with Crippen molar-refractivity contribution in [1.82, 2.24) is 25.1 Å². The molecular formula is C23H30N8. The van der Waals surface area contributed by atoms with Gasteiger partial charge in [-0.15, -0.1) is 0 Å². The molecule has 0 bridgehead atoms. The number of pyridine rings is 2. The number of likely N-dealkylation sites (tertiary alicyclic amines) is 1. The molecule has 4 heterocycles. The van der Waals surface area contributed by atoms with Gasteiger partial charge < -0.3 is 10.6 Å². The zero-order valence-electron chi connectivity index (χ0n) is 18.4. The molecule has 3 aromatic heterocycles. The summed E-state index contributed by atoms with van der Waals surface area (Å²) in [5.74, 6) is 2.29. The van der Waals surface area contributed by atoms with Crippen LogP contribution in [0.1, 0.15) is 45.2 Å². The zero-order valence-corrected chi connectivity index (χ0v) is 18.4. The number of hydrogen-bond acceptors (Lipinski definition) is 7. The van der Waals surface area contributed by atoms with Crippen LogP contribution in [-0.2, 0) is 0 Å². The van der Waals surface area contributed by atoms with E-state index in [0.717, 1.165) is 54.0 Å². The fraction of sp³-hybridized carbons (Fsp3) is 0.478. The fourth-order valence-corrected chi connectivity index (χ4v) is 4.62. The molecule has 8 nitrogen and oxygen atoms in total. The van der Waals surface area contributed by atoms with Crippen molar-refractivity contribution in [3.63, 3.8) is 0 Å². The van der Waals surface area contributed by atoms with Crippen LogP contribution in [0, 0.1) is 18.3 Å². The van der Waals surface area contributed by atoms with Crippen LogP contribution in [0.2, 0.25) is 0 Å². The molecule has 8 heteroatoms. The van der Waals surface area contributed by atoms with Crippen LogP contribution < -0.4 is 10.6 Å². The fourth-order valence-electron chi connectivity index (χ4n) is 4.62. The molecule has 0 saturated carbocycles. The highest BCUT2D eigenvalue weighted by Crippen LogP contribution is 2.30. The lowest BCUT2D eigenvalue weighted by molar-refractivity contribution is 0.0859. The molecule has 1 fully saturated rings. The van der Waals surface area contributed by atoms with E-state index in [1.807, 2.05) is 25.1 Å². The van der Waals surface area contributed by atoms with Crippen molar-refractivity contribution in [3.05, 3.63) is 36.2 Å². The maximum absolute atomic E-state index is 9.01. The number of aryl methyl sites for hydroxylation is 1. The first kappa shape index (κ1) is 21.1. The van der Waals surface area contributed by atoms with Gasteiger partial charge in [0.05, 0.1) is 11.6 Å². The van der Waals surface area contributed by atoms with E-state index < -0.39 is 0 Å². The average Bonchev–Trinajstić information content (AvgIpc) is 3.17. The molecule has 1 saturated heterocycles. The number of nitriles is 1. The predicted octanol–water partition coefficient (Wildman–Crippen LogP) is 4.36. The number of nitrogens with zero attached hydrogens (tertiary/aromatic N) is 5. The van der Waals surface area contributed by atoms with E-state index in [2.05, 4.69) is 56.7 Å². The van der Waals surface area contributed by atoms with Crippen molar-refractivity contribution in [2.75, 3.05) is 17.2 Å². The molecule has 3 N–H and O–H groups in total. The number of H-pyrrole nitrogens is 1. The maximum Gasteiger partial charge on any atom is 0.153 e. The Kier molecular flexibility index (Phi) is 6.33. The normalized spacial score (nSPS) is 21.7. The molecule has 0 spiro atoms. The second-order valence-corrected chi connectivity index (χ2v) is 8.36. The van der Waals surface area contributed by atoms with E-state index in [1.165, 1.54) is 0 Å². The first-order valence-electron chi connectivity index (χ1n) is 11.0. The largest absolute Gasteiger partial charge is 0.367 e. The minimum Gasteiger partial charge on any atom is -0.367 e. The monoisotopic (exact) mass is 418 g/mol. The standard InChI is InChI=1S/C23H30N8/c1-4-18-13-17(12-16(3)31(18)10-6-8-24)26-23-19-7-5-9-25-20(19)14-21(28-23)27-22-11-15(2)29-30-22/h5,7,9,11,14,16-18H,4,6,10,12-13H2,1-3H3,(H3,26,27,28,29,30)/t16-,17-,18+/m0/s1. The van der Waals surface area contributed by atoms with Crippen LogP contribution in [0.3, 0.4) is 0 Å². The molecule has 3 atom stereocenters. The topological polar surface area (TPSA) is 106 Å². The summed E-state index contributed by atoms with van der Waals surface area (Å²) in [6.07, 6.45) is 5.51. The number of piperidine rings is 1. The van der Waals surface area contributed by atoms with Crippen LogP contribution >= 0.6 is 0 Å².